The minimum absolute atomic E-state index is 0.0987. The van der Waals surface area contributed by atoms with Gasteiger partial charge in [-0.05, 0) is 30.0 Å². The first-order chi connectivity index (χ1) is 7.49. The second kappa shape index (κ2) is 4.85. The molecule has 0 N–H and O–H groups in total. The van der Waals surface area contributed by atoms with Crippen LogP contribution in [0, 0.1) is 11.5 Å². The van der Waals surface area contributed by atoms with E-state index in [4.69, 9.17) is 10.00 Å². The fourth-order valence-corrected chi connectivity index (χ4v) is 1.47. The van der Waals surface area contributed by atoms with Crippen molar-refractivity contribution in [3.05, 3.63) is 35.4 Å². The molecule has 0 amide bonds. The highest BCUT2D eigenvalue weighted by Crippen LogP contribution is 2.28. The molecule has 0 aliphatic rings. The fraction of sp³-hybridized carbons (Fsp3) is 0.357. The minimum atomic E-state index is 0.0987. The van der Waals surface area contributed by atoms with Crippen molar-refractivity contribution in [2.24, 2.45) is 0 Å². The van der Waals surface area contributed by atoms with E-state index >= 15 is 0 Å². The molecule has 0 aromatic heterocycles. The lowest BCUT2D eigenvalue weighted by atomic mass is 9.86. The fourth-order valence-electron chi connectivity index (χ4n) is 1.47. The van der Waals surface area contributed by atoms with Gasteiger partial charge in [0.15, 0.2) is 0 Å². The lowest BCUT2D eigenvalue weighted by Gasteiger charge is -2.20. The summed E-state index contributed by atoms with van der Waals surface area (Å²) in [7, 11) is 0. The average molecular weight is 215 g/mol. The SMILES string of the molecule is C/C=C\c1cc(C(C)(C)C)ccc1OC#N. The van der Waals surface area contributed by atoms with Gasteiger partial charge < -0.3 is 4.74 Å². The van der Waals surface area contributed by atoms with Crippen LogP contribution in [0.2, 0.25) is 0 Å². The topological polar surface area (TPSA) is 33.0 Å². The molecule has 2 nitrogen and oxygen atoms in total. The van der Waals surface area contributed by atoms with Crippen LogP contribution in [0.5, 0.6) is 5.75 Å². The van der Waals surface area contributed by atoms with E-state index in [0.717, 1.165) is 5.56 Å². The molecule has 1 aromatic rings. The Morgan fingerprint density at radius 2 is 2.00 bits per heavy atom. The molecule has 84 valence electrons. The molecule has 0 spiro atoms. The van der Waals surface area contributed by atoms with E-state index in [1.807, 2.05) is 31.2 Å². The molecule has 1 aromatic carbocycles. The van der Waals surface area contributed by atoms with E-state index in [1.165, 1.54) is 5.56 Å². The van der Waals surface area contributed by atoms with Gasteiger partial charge in [0.05, 0.1) is 0 Å². The molecule has 0 aliphatic heterocycles. The summed E-state index contributed by atoms with van der Waals surface area (Å²) in [5, 5.41) is 8.55. The second-order valence-corrected chi connectivity index (χ2v) is 4.70. The number of rotatable bonds is 2. The first-order valence-corrected chi connectivity index (χ1v) is 5.32. The molecule has 0 radical (unpaired) electrons. The summed E-state index contributed by atoms with van der Waals surface area (Å²) >= 11 is 0. The van der Waals surface area contributed by atoms with Crippen LogP contribution in [-0.2, 0) is 5.41 Å². The highest BCUT2D eigenvalue weighted by molar-refractivity contribution is 5.59. The summed E-state index contributed by atoms with van der Waals surface area (Å²) in [5.74, 6) is 0.605. The maximum atomic E-state index is 8.55. The van der Waals surface area contributed by atoms with Gasteiger partial charge in [-0.15, -0.1) is 5.26 Å². The van der Waals surface area contributed by atoms with Crippen LogP contribution < -0.4 is 4.74 Å². The zero-order chi connectivity index (χ0) is 12.2. The van der Waals surface area contributed by atoms with Gasteiger partial charge in [-0.25, -0.2) is 0 Å². The van der Waals surface area contributed by atoms with Crippen LogP contribution in [0.15, 0.2) is 24.3 Å². The van der Waals surface area contributed by atoms with Gasteiger partial charge in [-0.1, -0.05) is 39.0 Å². The van der Waals surface area contributed by atoms with Crippen molar-refractivity contribution in [3.8, 4) is 12.0 Å². The van der Waals surface area contributed by atoms with E-state index in [1.54, 1.807) is 6.26 Å². The number of benzene rings is 1. The number of nitrogens with zero attached hydrogens (tertiary/aromatic N) is 1. The van der Waals surface area contributed by atoms with E-state index in [9.17, 15) is 0 Å². The van der Waals surface area contributed by atoms with E-state index in [0.29, 0.717) is 5.75 Å². The lowest BCUT2D eigenvalue weighted by molar-refractivity contribution is 0.504. The van der Waals surface area contributed by atoms with E-state index in [-0.39, 0.29) is 5.41 Å². The van der Waals surface area contributed by atoms with Crippen molar-refractivity contribution in [1.29, 1.82) is 5.26 Å². The van der Waals surface area contributed by atoms with E-state index < -0.39 is 0 Å². The first-order valence-electron chi connectivity index (χ1n) is 5.32. The van der Waals surface area contributed by atoms with Crippen molar-refractivity contribution in [3.63, 3.8) is 0 Å². The Labute approximate surface area is 97.2 Å². The third-order valence-corrected chi connectivity index (χ3v) is 2.38. The number of nitriles is 1. The summed E-state index contributed by atoms with van der Waals surface area (Å²) in [4.78, 5) is 0. The Bertz CT molecular complexity index is 433. The average Bonchev–Trinajstić information content (AvgIpc) is 2.19. The van der Waals surface area contributed by atoms with Crippen molar-refractivity contribution in [1.82, 2.24) is 0 Å². The predicted octanol–water partition coefficient (Wildman–Crippen LogP) is 3.88. The Balaban J connectivity index is 3.23. The van der Waals surface area contributed by atoms with Gasteiger partial charge in [0, 0.05) is 5.56 Å². The molecule has 0 saturated carbocycles. The Morgan fingerprint density at radius 1 is 1.31 bits per heavy atom. The second-order valence-electron chi connectivity index (χ2n) is 4.70. The summed E-state index contributed by atoms with van der Waals surface area (Å²) in [6, 6.07) is 5.91. The number of hydrogen-bond acceptors (Lipinski definition) is 2. The van der Waals surface area contributed by atoms with Gasteiger partial charge in [-0.3, -0.25) is 0 Å². The zero-order valence-corrected chi connectivity index (χ0v) is 10.2. The van der Waals surface area contributed by atoms with Crippen molar-refractivity contribution in [2.45, 2.75) is 33.1 Å². The largest absolute Gasteiger partial charge is 0.387 e. The van der Waals surface area contributed by atoms with Gasteiger partial charge in [0.1, 0.15) is 5.75 Å². The maximum Gasteiger partial charge on any atom is 0.292 e. The monoisotopic (exact) mass is 215 g/mol. The standard InChI is InChI=1S/C14H17NO/c1-5-6-11-9-12(14(2,3)4)7-8-13(11)16-10-15/h5-9H,1-4H3/b6-5-. The lowest BCUT2D eigenvalue weighted by Crippen LogP contribution is -2.11. The Morgan fingerprint density at radius 3 is 2.50 bits per heavy atom. The van der Waals surface area contributed by atoms with Crippen LogP contribution in [0.4, 0.5) is 0 Å². The van der Waals surface area contributed by atoms with Crippen molar-refractivity contribution >= 4 is 6.08 Å². The molecular weight excluding hydrogens is 198 g/mol. The van der Waals surface area contributed by atoms with Crippen molar-refractivity contribution in [2.75, 3.05) is 0 Å². The van der Waals surface area contributed by atoms with Crippen LogP contribution in [0.3, 0.4) is 0 Å². The molecular formula is C14H17NO. The number of hydrogen-bond donors (Lipinski definition) is 0. The summed E-state index contributed by atoms with van der Waals surface area (Å²) in [5.41, 5.74) is 2.27. The zero-order valence-electron chi connectivity index (χ0n) is 10.2. The Kier molecular flexibility index (Phi) is 3.73. The molecule has 2 heteroatoms. The molecule has 0 saturated heterocycles. The predicted molar refractivity (Wildman–Crippen MR) is 66.1 cm³/mol. The van der Waals surface area contributed by atoms with E-state index in [2.05, 4.69) is 26.8 Å². The van der Waals surface area contributed by atoms with Crippen LogP contribution in [-0.4, -0.2) is 0 Å². The van der Waals surface area contributed by atoms with Crippen LogP contribution >= 0.6 is 0 Å². The Hall–Kier alpha value is -1.75. The molecule has 16 heavy (non-hydrogen) atoms. The van der Waals surface area contributed by atoms with Gasteiger partial charge in [0.25, 0.3) is 6.26 Å². The molecule has 0 unspecified atom stereocenters. The van der Waals surface area contributed by atoms with Gasteiger partial charge in [-0.2, -0.15) is 0 Å². The minimum Gasteiger partial charge on any atom is -0.387 e. The van der Waals surface area contributed by atoms with Crippen molar-refractivity contribution < 1.29 is 4.74 Å². The smallest absolute Gasteiger partial charge is 0.292 e. The summed E-state index contributed by atoms with van der Waals surface area (Å²) < 4.78 is 4.91. The molecule has 0 bridgehead atoms. The van der Waals surface area contributed by atoms with Crippen LogP contribution in [0.25, 0.3) is 6.08 Å². The third kappa shape index (κ3) is 2.87. The highest BCUT2D eigenvalue weighted by atomic mass is 16.5. The first kappa shape index (κ1) is 12.3. The molecule has 0 atom stereocenters. The normalized spacial score (nSPS) is 11.4. The molecule has 0 fully saturated rings. The third-order valence-electron chi connectivity index (χ3n) is 2.38. The maximum absolute atomic E-state index is 8.55. The summed E-state index contributed by atoms with van der Waals surface area (Å²) in [6.07, 6.45) is 5.59. The summed E-state index contributed by atoms with van der Waals surface area (Å²) in [6.45, 7) is 8.42. The van der Waals surface area contributed by atoms with Crippen LogP contribution in [0.1, 0.15) is 38.8 Å². The number of ether oxygens (including phenoxy) is 1. The van der Waals surface area contributed by atoms with Gasteiger partial charge in [0.2, 0.25) is 0 Å². The number of allylic oxidation sites excluding steroid dienone is 1. The van der Waals surface area contributed by atoms with Gasteiger partial charge >= 0.3 is 0 Å². The molecule has 1 rings (SSSR count). The highest BCUT2D eigenvalue weighted by Gasteiger charge is 2.15. The quantitative estimate of drug-likeness (QED) is 0.701. The molecule has 0 heterocycles. The molecule has 0 aliphatic carbocycles.